The van der Waals surface area contributed by atoms with Gasteiger partial charge in [0.2, 0.25) is 11.8 Å². The molecule has 1 aromatic rings. The zero-order valence-corrected chi connectivity index (χ0v) is 17.4. The number of hydrogen-bond acceptors (Lipinski definition) is 6. The largest absolute Gasteiger partial charge is 0.493 e. The van der Waals surface area contributed by atoms with Crippen molar-refractivity contribution >= 4 is 23.5 Å². The molecule has 0 bridgehead atoms. The molecule has 1 atom stereocenters. The van der Waals surface area contributed by atoms with E-state index < -0.39 is 12.0 Å². The van der Waals surface area contributed by atoms with Crippen LogP contribution in [0, 0.1) is 5.92 Å². The molecule has 0 aromatic heterocycles. The Labute approximate surface area is 171 Å². The van der Waals surface area contributed by atoms with Crippen LogP contribution in [0.4, 0.5) is 5.69 Å². The second-order valence-electron chi connectivity index (χ2n) is 7.48. The summed E-state index contributed by atoms with van der Waals surface area (Å²) < 4.78 is 10.7. The van der Waals surface area contributed by atoms with Crippen molar-refractivity contribution in [2.75, 3.05) is 38.2 Å². The molecule has 1 heterocycles. The maximum atomic E-state index is 12.5. The Morgan fingerprint density at radius 2 is 2.00 bits per heavy atom. The Morgan fingerprint density at radius 1 is 1.28 bits per heavy atom. The molecule has 160 valence electrons. The predicted octanol–water partition coefficient (Wildman–Crippen LogP) is 1.80. The van der Waals surface area contributed by atoms with Gasteiger partial charge in [0.1, 0.15) is 11.8 Å². The number of amides is 2. The second-order valence-corrected chi connectivity index (χ2v) is 7.48. The van der Waals surface area contributed by atoms with Gasteiger partial charge in [-0.2, -0.15) is 0 Å². The third-order valence-electron chi connectivity index (χ3n) is 4.34. The topological polar surface area (TPSA) is 97.0 Å². The Hall–Kier alpha value is -2.61. The molecule has 1 aromatic carbocycles. The summed E-state index contributed by atoms with van der Waals surface area (Å²) in [4.78, 5) is 38.3. The number of hydrogen-bond donors (Lipinski definition) is 2. The quantitative estimate of drug-likeness (QED) is 0.576. The van der Waals surface area contributed by atoms with E-state index in [2.05, 4.69) is 24.5 Å². The normalized spacial score (nSPS) is 17.0. The van der Waals surface area contributed by atoms with Crippen LogP contribution in [0.15, 0.2) is 24.3 Å². The maximum absolute atomic E-state index is 12.5. The molecule has 2 rings (SSSR count). The zero-order chi connectivity index (χ0) is 21.2. The maximum Gasteiger partial charge on any atom is 0.307 e. The van der Waals surface area contributed by atoms with Gasteiger partial charge < -0.3 is 20.1 Å². The SMILES string of the molecule is CCCOC(=O)CC1C(=O)NCCN1CC(=O)Nc1ccc(OCC(C)C)cc1. The van der Waals surface area contributed by atoms with Crippen LogP contribution < -0.4 is 15.4 Å². The number of piperazine rings is 1. The molecule has 2 N–H and O–H groups in total. The molecule has 0 spiro atoms. The van der Waals surface area contributed by atoms with Crippen molar-refractivity contribution in [2.24, 2.45) is 5.92 Å². The highest BCUT2D eigenvalue weighted by Crippen LogP contribution is 2.17. The van der Waals surface area contributed by atoms with E-state index in [1.54, 1.807) is 29.2 Å². The fraction of sp³-hybridized carbons (Fsp3) is 0.571. The first-order valence-corrected chi connectivity index (χ1v) is 10.1. The van der Waals surface area contributed by atoms with E-state index >= 15 is 0 Å². The number of rotatable bonds is 10. The number of nitrogens with one attached hydrogen (secondary N) is 2. The molecule has 2 amide bonds. The zero-order valence-electron chi connectivity index (χ0n) is 17.4. The van der Waals surface area contributed by atoms with Gasteiger partial charge in [0.05, 0.1) is 26.2 Å². The fourth-order valence-electron chi connectivity index (χ4n) is 2.89. The third-order valence-corrected chi connectivity index (χ3v) is 4.34. The summed E-state index contributed by atoms with van der Waals surface area (Å²) in [7, 11) is 0. The molecule has 0 saturated carbocycles. The summed E-state index contributed by atoms with van der Waals surface area (Å²) >= 11 is 0. The molecule has 29 heavy (non-hydrogen) atoms. The summed E-state index contributed by atoms with van der Waals surface area (Å²) in [6.45, 7) is 7.96. The lowest BCUT2D eigenvalue weighted by atomic mass is 10.1. The van der Waals surface area contributed by atoms with Crippen molar-refractivity contribution in [3.8, 4) is 5.75 Å². The lowest BCUT2D eigenvalue weighted by Crippen LogP contribution is -2.57. The van der Waals surface area contributed by atoms with E-state index in [4.69, 9.17) is 9.47 Å². The number of carbonyl (C=O) groups is 3. The van der Waals surface area contributed by atoms with Crippen LogP contribution in [0.25, 0.3) is 0 Å². The van der Waals surface area contributed by atoms with Crippen LogP contribution in [-0.4, -0.2) is 61.6 Å². The van der Waals surface area contributed by atoms with Gasteiger partial charge in [0.25, 0.3) is 0 Å². The molecule has 0 aliphatic carbocycles. The standard InChI is InChI=1S/C21H31N3O5/c1-4-11-28-20(26)12-18-21(27)22-9-10-24(18)13-19(25)23-16-5-7-17(8-6-16)29-14-15(2)3/h5-8,15,18H,4,9-14H2,1-3H3,(H,22,27)(H,23,25). The third kappa shape index (κ3) is 7.73. The average molecular weight is 405 g/mol. The van der Waals surface area contributed by atoms with E-state index in [0.29, 0.717) is 37.9 Å². The van der Waals surface area contributed by atoms with Gasteiger partial charge in [-0.05, 0) is 36.6 Å². The Balaban J connectivity index is 1.89. The minimum absolute atomic E-state index is 0.0186. The first kappa shape index (κ1) is 22.7. The van der Waals surface area contributed by atoms with Gasteiger partial charge in [-0.15, -0.1) is 0 Å². The molecule has 8 nitrogen and oxygen atoms in total. The van der Waals surface area contributed by atoms with Crippen LogP contribution in [0.5, 0.6) is 5.75 Å². The van der Waals surface area contributed by atoms with Gasteiger partial charge in [-0.1, -0.05) is 20.8 Å². The molecule has 1 aliphatic heterocycles. The summed E-state index contributed by atoms with van der Waals surface area (Å²) in [6, 6.07) is 6.45. The molecule has 8 heteroatoms. The number of nitrogens with zero attached hydrogens (tertiary/aromatic N) is 1. The number of anilines is 1. The van der Waals surface area contributed by atoms with Gasteiger partial charge in [-0.3, -0.25) is 19.3 Å². The van der Waals surface area contributed by atoms with Crippen molar-refractivity contribution in [3.63, 3.8) is 0 Å². The van der Waals surface area contributed by atoms with Crippen LogP contribution in [0.2, 0.25) is 0 Å². The van der Waals surface area contributed by atoms with E-state index in [-0.39, 0.29) is 24.8 Å². The van der Waals surface area contributed by atoms with Crippen molar-refractivity contribution in [2.45, 2.75) is 39.7 Å². The highest BCUT2D eigenvalue weighted by atomic mass is 16.5. The summed E-state index contributed by atoms with van der Waals surface area (Å²) in [6.07, 6.45) is 0.650. The van der Waals surface area contributed by atoms with Gasteiger partial charge in [0.15, 0.2) is 0 Å². The highest BCUT2D eigenvalue weighted by Gasteiger charge is 2.33. The van der Waals surface area contributed by atoms with Gasteiger partial charge in [0, 0.05) is 18.8 Å². The van der Waals surface area contributed by atoms with Crippen molar-refractivity contribution in [1.29, 1.82) is 0 Å². The highest BCUT2D eigenvalue weighted by molar-refractivity contribution is 5.93. The molecular weight excluding hydrogens is 374 g/mol. The fourth-order valence-corrected chi connectivity index (χ4v) is 2.89. The van der Waals surface area contributed by atoms with Gasteiger partial charge >= 0.3 is 5.97 Å². The van der Waals surface area contributed by atoms with Crippen LogP contribution in [0.3, 0.4) is 0 Å². The molecular formula is C21H31N3O5. The lowest BCUT2D eigenvalue weighted by molar-refractivity contribution is -0.148. The Kier molecular flexibility index (Phi) is 8.92. The summed E-state index contributed by atoms with van der Waals surface area (Å²) in [5.74, 6) is 0.237. The predicted molar refractivity (Wildman–Crippen MR) is 110 cm³/mol. The smallest absolute Gasteiger partial charge is 0.307 e. The first-order chi connectivity index (χ1) is 13.9. The van der Waals surface area contributed by atoms with E-state index in [1.165, 1.54) is 0 Å². The lowest BCUT2D eigenvalue weighted by Gasteiger charge is -2.33. The Bertz CT molecular complexity index is 690. The molecule has 1 unspecified atom stereocenters. The Morgan fingerprint density at radius 3 is 2.66 bits per heavy atom. The monoisotopic (exact) mass is 405 g/mol. The second kappa shape index (κ2) is 11.4. The van der Waals surface area contributed by atoms with E-state index in [1.807, 2.05) is 6.92 Å². The van der Waals surface area contributed by atoms with Crippen molar-refractivity contribution < 1.29 is 23.9 Å². The van der Waals surface area contributed by atoms with Crippen LogP contribution in [0.1, 0.15) is 33.6 Å². The van der Waals surface area contributed by atoms with Crippen LogP contribution >= 0.6 is 0 Å². The molecule has 1 aliphatic rings. The van der Waals surface area contributed by atoms with Crippen molar-refractivity contribution in [3.05, 3.63) is 24.3 Å². The van der Waals surface area contributed by atoms with Crippen molar-refractivity contribution in [1.82, 2.24) is 10.2 Å². The number of benzene rings is 1. The minimum atomic E-state index is -0.703. The summed E-state index contributed by atoms with van der Waals surface area (Å²) in [5.41, 5.74) is 0.646. The van der Waals surface area contributed by atoms with E-state index in [9.17, 15) is 14.4 Å². The number of carbonyl (C=O) groups excluding carboxylic acids is 3. The summed E-state index contributed by atoms with van der Waals surface area (Å²) in [5, 5.41) is 5.56. The van der Waals surface area contributed by atoms with Crippen LogP contribution in [-0.2, 0) is 19.1 Å². The molecule has 1 saturated heterocycles. The number of esters is 1. The average Bonchev–Trinajstić information content (AvgIpc) is 2.68. The van der Waals surface area contributed by atoms with E-state index in [0.717, 1.165) is 12.2 Å². The molecule has 0 radical (unpaired) electrons. The number of ether oxygens (including phenoxy) is 2. The minimum Gasteiger partial charge on any atom is -0.493 e. The first-order valence-electron chi connectivity index (χ1n) is 10.1. The molecule has 1 fully saturated rings. The van der Waals surface area contributed by atoms with Gasteiger partial charge in [-0.25, -0.2) is 0 Å².